The van der Waals surface area contributed by atoms with Crippen molar-refractivity contribution in [2.24, 2.45) is 0 Å². The van der Waals surface area contributed by atoms with Crippen LogP contribution in [-0.4, -0.2) is 37.7 Å². The predicted octanol–water partition coefficient (Wildman–Crippen LogP) is 2.21. The molecule has 2 aliphatic heterocycles. The fourth-order valence-corrected chi connectivity index (χ4v) is 2.99. The topological polar surface area (TPSA) is 77.1 Å². The van der Waals surface area contributed by atoms with Crippen LogP contribution in [0.25, 0.3) is 0 Å². The van der Waals surface area contributed by atoms with Crippen LogP contribution in [0.1, 0.15) is 6.92 Å². The Labute approximate surface area is 150 Å². The zero-order chi connectivity index (χ0) is 18.1. The molecule has 2 amide bonds. The number of rotatable bonds is 3. The van der Waals surface area contributed by atoms with Gasteiger partial charge in [-0.1, -0.05) is 12.1 Å². The average Bonchev–Trinajstić information content (AvgIpc) is 2.65. The van der Waals surface area contributed by atoms with Crippen LogP contribution >= 0.6 is 0 Å². The molecule has 0 spiro atoms. The smallest absolute Gasteiger partial charge is 0.268 e. The highest BCUT2D eigenvalue weighted by atomic mass is 16.6. The molecule has 4 rings (SSSR count). The van der Waals surface area contributed by atoms with Crippen LogP contribution in [0, 0.1) is 0 Å². The third kappa shape index (κ3) is 3.03. The van der Waals surface area contributed by atoms with Gasteiger partial charge in [-0.3, -0.25) is 14.5 Å². The van der Waals surface area contributed by atoms with Gasteiger partial charge in [-0.25, -0.2) is 0 Å². The average molecular weight is 354 g/mol. The Balaban J connectivity index is 1.50. The summed E-state index contributed by atoms with van der Waals surface area (Å²) in [5.74, 6) is 1.28. The van der Waals surface area contributed by atoms with Gasteiger partial charge < -0.3 is 19.5 Å². The van der Waals surface area contributed by atoms with Gasteiger partial charge in [-0.15, -0.1) is 0 Å². The molecule has 2 aliphatic rings. The number of anilines is 2. The zero-order valence-electron chi connectivity index (χ0n) is 14.2. The fourth-order valence-electron chi connectivity index (χ4n) is 2.99. The molecule has 7 heteroatoms. The predicted molar refractivity (Wildman–Crippen MR) is 94.9 cm³/mol. The number of ether oxygens (including phenoxy) is 3. The highest BCUT2D eigenvalue weighted by Crippen LogP contribution is 2.34. The quantitative estimate of drug-likeness (QED) is 0.914. The van der Waals surface area contributed by atoms with E-state index in [4.69, 9.17) is 14.2 Å². The maximum atomic E-state index is 12.5. The summed E-state index contributed by atoms with van der Waals surface area (Å²) in [6.07, 6.45) is -0.632. The number of para-hydroxylation sites is 2. The lowest BCUT2D eigenvalue weighted by Crippen LogP contribution is -2.47. The minimum absolute atomic E-state index is 0.0992. The molecule has 0 aliphatic carbocycles. The summed E-state index contributed by atoms with van der Waals surface area (Å²) in [4.78, 5) is 26.4. The van der Waals surface area contributed by atoms with Gasteiger partial charge in [0.25, 0.3) is 5.91 Å². The largest absolute Gasteiger partial charge is 0.486 e. The molecule has 0 radical (unpaired) electrons. The molecular weight excluding hydrogens is 336 g/mol. The van der Waals surface area contributed by atoms with Gasteiger partial charge in [0.1, 0.15) is 25.5 Å². The molecule has 0 fully saturated rings. The van der Waals surface area contributed by atoms with Crippen LogP contribution in [0.5, 0.6) is 17.2 Å². The first-order valence-electron chi connectivity index (χ1n) is 8.38. The Morgan fingerprint density at radius 1 is 1.12 bits per heavy atom. The molecule has 134 valence electrons. The normalized spacial score (nSPS) is 18.0. The number of hydrogen-bond donors (Lipinski definition) is 1. The first kappa shape index (κ1) is 16.3. The van der Waals surface area contributed by atoms with Crippen molar-refractivity contribution in [2.75, 3.05) is 30.0 Å². The van der Waals surface area contributed by atoms with Gasteiger partial charge in [-0.2, -0.15) is 0 Å². The second-order valence-corrected chi connectivity index (χ2v) is 6.06. The molecule has 2 aromatic carbocycles. The lowest BCUT2D eigenvalue weighted by molar-refractivity contribution is -0.127. The Morgan fingerprint density at radius 2 is 1.88 bits per heavy atom. The van der Waals surface area contributed by atoms with Crippen molar-refractivity contribution >= 4 is 23.2 Å². The number of fused-ring (bicyclic) bond motifs is 2. The van der Waals surface area contributed by atoms with Crippen LogP contribution in [0.3, 0.4) is 0 Å². The third-order valence-corrected chi connectivity index (χ3v) is 4.20. The number of nitrogens with one attached hydrogen (secondary N) is 1. The van der Waals surface area contributed by atoms with Crippen LogP contribution in [0.15, 0.2) is 42.5 Å². The Hall–Kier alpha value is -3.22. The van der Waals surface area contributed by atoms with Crippen LogP contribution < -0.4 is 24.4 Å². The van der Waals surface area contributed by atoms with Gasteiger partial charge >= 0.3 is 0 Å². The van der Waals surface area contributed by atoms with Gasteiger partial charge in [0, 0.05) is 11.8 Å². The fraction of sp³-hybridized carbons (Fsp3) is 0.263. The molecule has 0 aromatic heterocycles. The highest BCUT2D eigenvalue weighted by molar-refractivity contribution is 6.06. The van der Waals surface area contributed by atoms with Gasteiger partial charge in [0.2, 0.25) is 5.91 Å². The van der Waals surface area contributed by atoms with E-state index in [0.717, 1.165) is 0 Å². The van der Waals surface area contributed by atoms with Crippen LogP contribution in [0.2, 0.25) is 0 Å². The van der Waals surface area contributed by atoms with Crippen molar-refractivity contribution < 1.29 is 23.8 Å². The summed E-state index contributed by atoms with van der Waals surface area (Å²) in [5, 5.41) is 2.80. The number of carbonyl (C=O) groups excluding carboxylic acids is 2. The van der Waals surface area contributed by atoms with E-state index < -0.39 is 6.10 Å². The van der Waals surface area contributed by atoms with Crippen LogP contribution in [0.4, 0.5) is 11.4 Å². The number of carbonyl (C=O) groups is 2. The molecule has 7 nitrogen and oxygen atoms in total. The maximum Gasteiger partial charge on any atom is 0.268 e. The first-order chi connectivity index (χ1) is 12.6. The van der Waals surface area contributed by atoms with E-state index in [-0.39, 0.29) is 18.4 Å². The molecular formula is C19H18N2O5. The Bertz CT molecular complexity index is 867. The molecule has 0 saturated heterocycles. The second kappa shape index (κ2) is 6.59. The van der Waals surface area contributed by atoms with E-state index in [2.05, 4.69) is 5.32 Å². The number of amides is 2. The summed E-state index contributed by atoms with van der Waals surface area (Å²) in [6.45, 7) is 2.55. The first-order valence-corrected chi connectivity index (χ1v) is 8.38. The zero-order valence-corrected chi connectivity index (χ0v) is 14.2. The summed E-state index contributed by atoms with van der Waals surface area (Å²) in [6, 6.07) is 12.4. The highest BCUT2D eigenvalue weighted by Gasteiger charge is 2.32. The van der Waals surface area contributed by atoms with E-state index in [1.807, 2.05) is 6.07 Å². The monoisotopic (exact) mass is 354 g/mol. The standard InChI is InChI=1S/C19H18N2O5/c1-12-19(23)21(14-4-2-3-5-15(14)26-12)11-18(22)20-13-6-7-16-17(10-13)25-9-8-24-16/h2-7,10,12H,8-9,11H2,1H3,(H,20,22)/t12-/m0/s1. The number of benzene rings is 2. The lowest BCUT2D eigenvalue weighted by atomic mass is 10.2. The molecule has 0 unspecified atom stereocenters. The summed E-state index contributed by atoms with van der Waals surface area (Å²) < 4.78 is 16.6. The van der Waals surface area contributed by atoms with E-state index in [1.54, 1.807) is 43.3 Å². The SMILES string of the molecule is C[C@@H]1Oc2ccccc2N(CC(=O)Nc2ccc3c(c2)OCCO3)C1=O. The van der Waals surface area contributed by atoms with Crippen molar-refractivity contribution in [3.05, 3.63) is 42.5 Å². The number of hydrogen-bond acceptors (Lipinski definition) is 5. The van der Waals surface area contributed by atoms with Crippen molar-refractivity contribution in [1.82, 2.24) is 0 Å². The van der Waals surface area contributed by atoms with Crippen molar-refractivity contribution in [2.45, 2.75) is 13.0 Å². The van der Waals surface area contributed by atoms with E-state index in [9.17, 15) is 9.59 Å². The summed E-state index contributed by atoms with van der Waals surface area (Å²) >= 11 is 0. The third-order valence-electron chi connectivity index (χ3n) is 4.20. The molecule has 26 heavy (non-hydrogen) atoms. The Morgan fingerprint density at radius 3 is 2.73 bits per heavy atom. The second-order valence-electron chi connectivity index (χ2n) is 6.06. The molecule has 2 aromatic rings. The molecule has 0 bridgehead atoms. The molecule has 0 saturated carbocycles. The van der Waals surface area contributed by atoms with Crippen molar-refractivity contribution in [3.63, 3.8) is 0 Å². The van der Waals surface area contributed by atoms with E-state index >= 15 is 0 Å². The van der Waals surface area contributed by atoms with Crippen molar-refractivity contribution in [3.8, 4) is 17.2 Å². The maximum absolute atomic E-state index is 12.5. The van der Waals surface area contributed by atoms with Gasteiger partial charge in [0.15, 0.2) is 17.6 Å². The Kier molecular flexibility index (Phi) is 4.12. The van der Waals surface area contributed by atoms with Crippen LogP contribution in [-0.2, 0) is 9.59 Å². The van der Waals surface area contributed by atoms with E-state index in [1.165, 1.54) is 4.90 Å². The summed E-state index contributed by atoms with van der Waals surface area (Å²) in [5.41, 5.74) is 1.18. The van der Waals surface area contributed by atoms with Gasteiger partial charge in [-0.05, 0) is 31.2 Å². The number of nitrogens with zero attached hydrogens (tertiary/aromatic N) is 1. The minimum atomic E-state index is -0.632. The van der Waals surface area contributed by atoms with Gasteiger partial charge in [0.05, 0.1) is 5.69 Å². The van der Waals surface area contributed by atoms with E-state index in [0.29, 0.717) is 41.8 Å². The molecule has 1 atom stereocenters. The lowest BCUT2D eigenvalue weighted by Gasteiger charge is -2.32. The summed E-state index contributed by atoms with van der Waals surface area (Å²) in [7, 11) is 0. The minimum Gasteiger partial charge on any atom is -0.486 e. The molecule has 2 heterocycles. The molecule has 1 N–H and O–H groups in total. The van der Waals surface area contributed by atoms with Crippen molar-refractivity contribution in [1.29, 1.82) is 0 Å².